The Hall–Kier alpha value is -4.11. The standard InChI is InChI=1S/C24H22ClN3O6/c1-3-5-17-12-16(8-11-19-21(28(31)32)23(29)27-24(30)26-19)13-20(33-4-2)22(17)34-14-15-6-9-18(25)10-7-15/h3,6-13H,1,4-5,14H2,2H3,(H2,26,27,29,30)/b11-8+. The van der Waals surface area contributed by atoms with Crippen LogP contribution in [0.4, 0.5) is 5.69 Å². The van der Waals surface area contributed by atoms with Gasteiger partial charge in [-0.3, -0.25) is 19.9 Å². The molecule has 0 aliphatic rings. The van der Waals surface area contributed by atoms with Gasteiger partial charge in [-0.1, -0.05) is 35.9 Å². The average molecular weight is 484 g/mol. The molecular formula is C24H22ClN3O6. The number of hydrogen-bond donors (Lipinski definition) is 2. The highest BCUT2D eigenvalue weighted by molar-refractivity contribution is 6.30. The fourth-order valence-electron chi connectivity index (χ4n) is 3.23. The van der Waals surface area contributed by atoms with Gasteiger partial charge in [-0.15, -0.1) is 6.58 Å². The molecule has 34 heavy (non-hydrogen) atoms. The molecule has 1 aromatic heterocycles. The monoisotopic (exact) mass is 483 g/mol. The van der Waals surface area contributed by atoms with Crippen molar-refractivity contribution in [2.24, 2.45) is 0 Å². The van der Waals surface area contributed by atoms with Crippen molar-refractivity contribution in [3.05, 3.63) is 107 Å². The quantitative estimate of drug-likeness (QED) is 0.248. The molecule has 0 saturated heterocycles. The van der Waals surface area contributed by atoms with Crippen molar-refractivity contribution < 1.29 is 14.4 Å². The number of allylic oxidation sites excluding steroid dienone is 1. The smallest absolute Gasteiger partial charge is 0.357 e. The molecular weight excluding hydrogens is 462 g/mol. The number of nitrogens with zero attached hydrogens (tertiary/aromatic N) is 1. The van der Waals surface area contributed by atoms with Crippen LogP contribution in [0.3, 0.4) is 0 Å². The minimum Gasteiger partial charge on any atom is -0.490 e. The Morgan fingerprint density at radius 3 is 2.50 bits per heavy atom. The number of halogens is 1. The fourth-order valence-corrected chi connectivity index (χ4v) is 3.35. The normalized spacial score (nSPS) is 10.9. The van der Waals surface area contributed by atoms with Gasteiger partial charge in [0.1, 0.15) is 12.3 Å². The van der Waals surface area contributed by atoms with Crippen LogP contribution in [0.15, 0.2) is 58.6 Å². The third kappa shape index (κ3) is 6.02. The lowest BCUT2D eigenvalue weighted by atomic mass is 10.0. The zero-order chi connectivity index (χ0) is 24.7. The summed E-state index contributed by atoms with van der Waals surface area (Å²) >= 11 is 5.94. The second-order valence-corrected chi connectivity index (χ2v) is 7.55. The zero-order valence-electron chi connectivity index (χ0n) is 18.3. The topological polar surface area (TPSA) is 127 Å². The molecule has 3 rings (SSSR count). The van der Waals surface area contributed by atoms with Crippen LogP contribution in [-0.2, 0) is 13.0 Å². The summed E-state index contributed by atoms with van der Waals surface area (Å²) in [5.41, 5.74) is -0.575. The van der Waals surface area contributed by atoms with Gasteiger partial charge >= 0.3 is 16.9 Å². The number of ether oxygens (including phenoxy) is 2. The molecule has 176 valence electrons. The zero-order valence-corrected chi connectivity index (χ0v) is 19.1. The summed E-state index contributed by atoms with van der Waals surface area (Å²) < 4.78 is 11.9. The first-order valence-corrected chi connectivity index (χ1v) is 10.7. The maximum absolute atomic E-state index is 11.8. The lowest BCUT2D eigenvalue weighted by molar-refractivity contribution is -0.386. The first-order chi connectivity index (χ1) is 16.3. The minimum atomic E-state index is -1.08. The molecule has 0 unspecified atom stereocenters. The molecule has 10 heteroatoms. The molecule has 0 bridgehead atoms. The highest BCUT2D eigenvalue weighted by Crippen LogP contribution is 2.35. The Morgan fingerprint density at radius 2 is 1.85 bits per heavy atom. The van der Waals surface area contributed by atoms with E-state index >= 15 is 0 Å². The third-order valence-corrected chi connectivity index (χ3v) is 4.94. The van der Waals surface area contributed by atoms with Gasteiger partial charge < -0.3 is 14.5 Å². The Labute approximate surface area is 199 Å². The number of aromatic amines is 2. The van der Waals surface area contributed by atoms with Gasteiger partial charge in [0.05, 0.1) is 11.5 Å². The predicted molar refractivity (Wildman–Crippen MR) is 131 cm³/mol. The number of rotatable bonds is 10. The molecule has 1 heterocycles. The predicted octanol–water partition coefficient (Wildman–Crippen LogP) is 4.50. The van der Waals surface area contributed by atoms with Crippen molar-refractivity contribution in [2.75, 3.05) is 6.61 Å². The molecule has 3 aromatic rings. The molecule has 2 aromatic carbocycles. The maximum Gasteiger partial charge on any atom is 0.357 e. The number of H-pyrrole nitrogens is 2. The number of aromatic nitrogens is 2. The van der Waals surface area contributed by atoms with Crippen molar-refractivity contribution in [2.45, 2.75) is 20.0 Å². The first kappa shape index (κ1) is 24.5. The average Bonchev–Trinajstić information content (AvgIpc) is 2.78. The van der Waals surface area contributed by atoms with Gasteiger partial charge in [0.2, 0.25) is 0 Å². The van der Waals surface area contributed by atoms with Crippen LogP contribution in [0.5, 0.6) is 11.5 Å². The van der Waals surface area contributed by atoms with Gasteiger partial charge in [-0.2, -0.15) is 0 Å². The molecule has 0 radical (unpaired) electrons. The summed E-state index contributed by atoms with van der Waals surface area (Å²) in [4.78, 5) is 38.0. The second kappa shape index (κ2) is 11.2. The van der Waals surface area contributed by atoms with E-state index in [1.165, 1.54) is 12.2 Å². The van der Waals surface area contributed by atoms with E-state index in [9.17, 15) is 19.7 Å². The molecule has 0 aliphatic heterocycles. The molecule has 0 aliphatic carbocycles. The summed E-state index contributed by atoms with van der Waals surface area (Å²) in [7, 11) is 0. The van der Waals surface area contributed by atoms with E-state index in [0.29, 0.717) is 35.1 Å². The van der Waals surface area contributed by atoms with Crippen LogP contribution in [0, 0.1) is 10.1 Å². The van der Waals surface area contributed by atoms with Gasteiger partial charge in [-0.05, 0) is 54.8 Å². The number of nitrogens with one attached hydrogen (secondary N) is 2. The van der Waals surface area contributed by atoms with Crippen molar-refractivity contribution in [3.63, 3.8) is 0 Å². The van der Waals surface area contributed by atoms with Gasteiger partial charge in [0.25, 0.3) is 0 Å². The molecule has 9 nitrogen and oxygen atoms in total. The van der Waals surface area contributed by atoms with Crippen molar-refractivity contribution >= 4 is 29.4 Å². The van der Waals surface area contributed by atoms with Crippen LogP contribution in [0.2, 0.25) is 5.02 Å². The summed E-state index contributed by atoms with van der Waals surface area (Å²) in [5.74, 6) is 1.02. The van der Waals surface area contributed by atoms with E-state index in [0.717, 1.165) is 11.1 Å². The van der Waals surface area contributed by atoms with E-state index in [1.54, 1.807) is 24.3 Å². The Balaban J connectivity index is 2.00. The summed E-state index contributed by atoms with van der Waals surface area (Å²) in [6, 6.07) is 10.8. The van der Waals surface area contributed by atoms with Crippen LogP contribution in [-0.4, -0.2) is 21.5 Å². The van der Waals surface area contributed by atoms with E-state index in [4.69, 9.17) is 21.1 Å². The molecule has 0 spiro atoms. The van der Waals surface area contributed by atoms with Crippen molar-refractivity contribution in [1.29, 1.82) is 0 Å². The molecule has 0 saturated carbocycles. The van der Waals surface area contributed by atoms with Gasteiger partial charge in [0, 0.05) is 10.6 Å². The van der Waals surface area contributed by atoms with Crippen LogP contribution < -0.4 is 20.7 Å². The van der Waals surface area contributed by atoms with Crippen molar-refractivity contribution in [1.82, 2.24) is 9.97 Å². The van der Waals surface area contributed by atoms with Crippen molar-refractivity contribution in [3.8, 4) is 11.5 Å². The minimum absolute atomic E-state index is 0.218. The highest BCUT2D eigenvalue weighted by atomic mass is 35.5. The van der Waals surface area contributed by atoms with Crippen LogP contribution >= 0.6 is 11.6 Å². The maximum atomic E-state index is 11.8. The highest BCUT2D eigenvalue weighted by Gasteiger charge is 2.19. The first-order valence-electron chi connectivity index (χ1n) is 10.3. The SMILES string of the molecule is C=CCc1cc(/C=C/c2[nH]c(=O)[nH]c(=O)c2[N+](=O)[O-])cc(OCC)c1OCc1ccc(Cl)cc1. The van der Waals surface area contributed by atoms with E-state index in [2.05, 4.69) is 11.6 Å². The largest absolute Gasteiger partial charge is 0.490 e. The second-order valence-electron chi connectivity index (χ2n) is 7.11. The molecule has 0 atom stereocenters. The van der Waals surface area contributed by atoms with E-state index < -0.39 is 21.9 Å². The van der Waals surface area contributed by atoms with E-state index in [1.807, 2.05) is 30.1 Å². The lowest BCUT2D eigenvalue weighted by Gasteiger charge is -2.17. The van der Waals surface area contributed by atoms with Gasteiger partial charge in [0.15, 0.2) is 11.5 Å². The third-order valence-electron chi connectivity index (χ3n) is 4.69. The Bertz CT molecular complexity index is 1340. The molecule has 2 N–H and O–H groups in total. The molecule has 0 amide bonds. The summed E-state index contributed by atoms with van der Waals surface area (Å²) in [6.07, 6.45) is 5.02. The summed E-state index contributed by atoms with van der Waals surface area (Å²) in [6.45, 7) is 6.30. The number of hydrogen-bond acceptors (Lipinski definition) is 6. The van der Waals surface area contributed by atoms with E-state index in [-0.39, 0.29) is 12.3 Å². The Morgan fingerprint density at radius 1 is 1.12 bits per heavy atom. The van der Waals surface area contributed by atoms with Gasteiger partial charge in [-0.25, -0.2) is 4.79 Å². The summed E-state index contributed by atoms with van der Waals surface area (Å²) in [5, 5.41) is 11.9. The van der Waals surface area contributed by atoms with Crippen LogP contribution in [0.25, 0.3) is 12.2 Å². The number of benzene rings is 2. The number of nitro groups is 1. The van der Waals surface area contributed by atoms with Crippen LogP contribution in [0.1, 0.15) is 29.3 Å². The molecule has 0 fully saturated rings. The lowest BCUT2D eigenvalue weighted by Crippen LogP contribution is -2.25. The fraction of sp³-hybridized carbons (Fsp3) is 0.167. The Kier molecular flexibility index (Phi) is 8.05.